The van der Waals surface area contributed by atoms with Crippen molar-refractivity contribution in [1.82, 2.24) is 4.98 Å². The number of aromatic nitrogens is 1. The number of rotatable bonds is 3. The Balaban J connectivity index is 2.19. The van der Waals surface area contributed by atoms with Gasteiger partial charge in [-0.25, -0.2) is 10.8 Å². The summed E-state index contributed by atoms with van der Waals surface area (Å²) in [6.45, 7) is 0.800. The molecule has 0 bridgehead atoms. The number of hydrogen-bond donors (Lipinski definition) is 3. The molecule has 2 heterocycles. The van der Waals surface area contributed by atoms with E-state index in [1.54, 1.807) is 6.07 Å². The Kier molecular flexibility index (Phi) is 2.42. The number of primary amides is 1. The van der Waals surface area contributed by atoms with Gasteiger partial charge < -0.3 is 16.1 Å². The molecule has 80 valence electrons. The number of carbonyl (C=O) groups is 1. The highest BCUT2D eigenvalue weighted by atomic mass is 16.1. The van der Waals surface area contributed by atoms with E-state index in [0.29, 0.717) is 5.82 Å². The second-order valence-electron chi connectivity index (χ2n) is 3.43. The number of hydrazine groups is 1. The first kappa shape index (κ1) is 9.72. The maximum atomic E-state index is 11.0. The first-order chi connectivity index (χ1) is 7.22. The molecular formula is C9H13N5O. The average Bonchev–Trinajstić information content (AvgIpc) is 2.15. The quantitative estimate of drug-likeness (QED) is 0.455. The fraction of sp³-hybridized carbons (Fsp3) is 0.333. The van der Waals surface area contributed by atoms with Crippen LogP contribution in [0.3, 0.4) is 0 Å². The van der Waals surface area contributed by atoms with Crippen LogP contribution in [-0.2, 0) is 4.79 Å². The van der Waals surface area contributed by atoms with E-state index < -0.39 is 0 Å². The minimum absolute atomic E-state index is 0.231. The van der Waals surface area contributed by atoms with Gasteiger partial charge in [0.15, 0.2) is 0 Å². The molecule has 1 aromatic heterocycles. The molecule has 0 aromatic carbocycles. The first-order valence-corrected chi connectivity index (χ1v) is 4.72. The van der Waals surface area contributed by atoms with Crippen molar-refractivity contribution in [2.45, 2.75) is 12.5 Å². The number of nitrogen functional groups attached to an aromatic ring is 1. The van der Waals surface area contributed by atoms with Gasteiger partial charge in [0.25, 0.3) is 0 Å². The van der Waals surface area contributed by atoms with E-state index in [0.717, 1.165) is 18.8 Å². The lowest BCUT2D eigenvalue weighted by atomic mass is 10.0. The molecule has 1 atom stereocenters. The van der Waals surface area contributed by atoms with Crippen LogP contribution in [-0.4, -0.2) is 23.5 Å². The van der Waals surface area contributed by atoms with Crippen LogP contribution in [0.25, 0.3) is 0 Å². The van der Waals surface area contributed by atoms with Crippen LogP contribution in [0, 0.1) is 0 Å². The van der Waals surface area contributed by atoms with Crippen LogP contribution in [0.2, 0.25) is 0 Å². The molecule has 1 aromatic rings. The third-order valence-corrected chi connectivity index (χ3v) is 2.52. The minimum Gasteiger partial charge on any atom is -0.368 e. The molecule has 0 spiro atoms. The number of pyridine rings is 1. The Labute approximate surface area is 87.2 Å². The van der Waals surface area contributed by atoms with Crippen molar-refractivity contribution in [2.24, 2.45) is 11.6 Å². The molecule has 2 rings (SSSR count). The number of anilines is 2. The normalized spacial score (nSPS) is 19.5. The molecule has 6 heteroatoms. The second-order valence-corrected chi connectivity index (χ2v) is 3.43. The first-order valence-electron chi connectivity index (χ1n) is 4.72. The van der Waals surface area contributed by atoms with Crippen LogP contribution in [0.1, 0.15) is 6.42 Å². The van der Waals surface area contributed by atoms with Crippen LogP contribution in [0.4, 0.5) is 11.6 Å². The monoisotopic (exact) mass is 207 g/mol. The van der Waals surface area contributed by atoms with Gasteiger partial charge in [0, 0.05) is 6.54 Å². The van der Waals surface area contributed by atoms with Crippen molar-refractivity contribution >= 4 is 17.5 Å². The van der Waals surface area contributed by atoms with E-state index in [4.69, 9.17) is 11.6 Å². The second kappa shape index (κ2) is 3.74. The Hall–Kier alpha value is -1.82. The fourth-order valence-corrected chi connectivity index (χ4v) is 1.62. The zero-order chi connectivity index (χ0) is 10.8. The highest BCUT2D eigenvalue weighted by Gasteiger charge is 2.33. The van der Waals surface area contributed by atoms with Crippen molar-refractivity contribution in [3.63, 3.8) is 0 Å². The van der Waals surface area contributed by atoms with Crippen molar-refractivity contribution in [2.75, 3.05) is 16.9 Å². The number of hydrogen-bond acceptors (Lipinski definition) is 5. The zero-order valence-corrected chi connectivity index (χ0v) is 8.18. The smallest absolute Gasteiger partial charge is 0.240 e. The van der Waals surface area contributed by atoms with E-state index >= 15 is 0 Å². The summed E-state index contributed by atoms with van der Waals surface area (Å²) in [5, 5.41) is 0. The van der Waals surface area contributed by atoms with Gasteiger partial charge in [0.2, 0.25) is 5.91 Å². The van der Waals surface area contributed by atoms with E-state index in [9.17, 15) is 4.79 Å². The predicted molar refractivity (Wildman–Crippen MR) is 57.0 cm³/mol. The van der Waals surface area contributed by atoms with Gasteiger partial charge in [-0.15, -0.1) is 0 Å². The largest absolute Gasteiger partial charge is 0.368 e. The maximum Gasteiger partial charge on any atom is 0.240 e. The fourth-order valence-electron chi connectivity index (χ4n) is 1.62. The molecule has 1 aliphatic rings. The van der Waals surface area contributed by atoms with Gasteiger partial charge in [-0.05, 0) is 18.6 Å². The Morgan fingerprint density at radius 1 is 1.60 bits per heavy atom. The van der Waals surface area contributed by atoms with E-state index in [1.165, 1.54) is 0 Å². The Morgan fingerprint density at radius 2 is 2.40 bits per heavy atom. The van der Waals surface area contributed by atoms with Crippen molar-refractivity contribution in [3.8, 4) is 0 Å². The van der Waals surface area contributed by atoms with Crippen molar-refractivity contribution in [1.29, 1.82) is 0 Å². The van der Waals surface area contributed by atoms with Gasteiger partial charge in [-0.1, -0.05) is 6.07 Å². The topological polar surface area (TPSA) is 97.3 Å². The van der Waals surface area contributed by atoms with Gasteiger partial charge in [-0.2, -0.15) is 0 Å². The van der Waals surface area contributed by atoms with E-state index in [-0.39, 0.29) is 11.9 Å². The molecule has 1 unspecified atom stereocenters. The summed E-state index contributed by atoms with van der Waals surface area (Å²) < 4.78 is 0. The molecule has 1 saturated heterocycles. The Morgan fingerprint density at radius 3 is 2.93 bits per heavy atom. The molecule has 0 radical (unpaired) electrons. The lowest BCUT2D eigenvalue weighted by Crippen LogP contribution is -2.55. The lowest BCUT2D eigenvalue weighted by molar-refractivity contribution is -0.120. The van der Waals surface area contributed by atoms with Crippen LogP contribution >= 0.6 is 0 Å². The van der Waals surface area contributed by atoms with Crippen molar-refractivity contribution in [3.05, 3.63) is 18.2 Å². The van der Waals surface area contributed by atoms with Crippen LogP contribution in [0.15, 0.2) is 18.2 Å². The van der Waals surface area contributed by atoms with Gasteiger partial charge in [0.05, 0.1) is 0 Å². The highest BCUT2D eigenvalue weighted by Crippen LogP contribution is 2.25. The molecule has 1 amide bonds. The number of nitrogens with one attached hydrogen (secondary N) is 1. The third kappa shape index (κ3) is 1.71. The lowest BCUT2D eigenvalue weighted by Gasteiger charge is -2.39. The number of amides is 1. The summed E-state index contributed by atoms with van der Waals surface area (Å²) in [4.78, 5) is 17.1. The molecule has 1 aliphatic heterocycles. The summed E-state index contributed by atoms with van der Waals surface area (Å²) in [7, 11) is 0. The SMILES string of the molecule is NNc1cccc(N2CCC2C(N)=O)n1. The van der Waals surface area contributed by atoms with Gasteiger partial charge in [0.1, 0.15) is 17.7 Å². The summed E-state index contributed by atoms with van der Waals surface area (Å²) in [6, 6.07) is 5.18. The third-order valence-electron chi connectivity index (χ3n) is 2.52. The molecule has 15 heavy (non-hydrogen) atoms. The summed E-state index contributed by atoms with van der Waals surface area (Å²) in [5.74, 6) is 6.23. The predicted octanol–water partition coefficient (Wildman–Crippen LogP) is -0.569. The van der Waals surface area contributed by atoms with Gasteiger partial charge >= 0.3 is 0 Å². The van der Waals surface area contributed by atoms with E-state index in [1.807, 2.05) is 17.0 Å². The molecule has 1 fully saturated rings. The minimum atomic E-state index is -0.311. The van der Waals surface area contributed by atoms with Crippen LogP contribution < -0.4 is 21.9 Å². The molecule has 6 nitrogen and oxygen atoms in total. The average molecular weight is 207 g/mol. The van der Waals surface area contributed by atoms with Crippen LogP contribution in [0.5, 0.6) is 0 Å². The maximum absolute atomic E-state index is 11.0. The highest BCUT2D eigenvalue weighted by molar-refractivity contribution is 5.85. The number of carbonyl (C=O) groups excluding carboxylic acids is 1. The summed E-state index contributed by atoms with van der Waals surface area (Å²) >= 11 is 0. The van der Waals surface area contributed by atoms with Crippen molar-refractivity contribution < 1.29 is 4.79 Å². The molecule has 5 N–H and O–H groups in total. The Bertz CT molecular complexity index is 381. The molecule has 0 saturated carbocycles. The zero-order valence-electron chi connectivity index (χ0n) is 8.18. The summed E-state index contributed by atoms with van der Waals surface area (Å²) in [5.41, 5.74) is 7.71. The number of nitrogens with zero attached hydrogens (tertiary/aromatic N) is 2. The number of nitrogens with two attached hydrogens (primary N) is 2. The molecular weight excluding hydrogens is 194 g/mol. The summed E-state index contributed by atoms with van der Waals surface area (Å²) in [6.07, 6.45) is 0.789. The van der Waals surface area contributed by atoms with E-state index in [2.05, 4.69) is 10.4 Å². The molecule has 0 aliphatic carbocycles. The van der Waals surface area contributed by atoms with Gasteiger partial charge in [-0.3, -0.25) is 4.79 Å². The standard InChI is InChI=1S/C9H13N5O/c10-9(15)6-4-5-14(6)8-3-1-2-7(12-8)13-11/h1-3,6H,4-5,11H2,(H2,10,15)(H,12,13).